The minimum atomic E-state index is -0.151. The lowest BCUT2D eigenvalue weighted by Crippen LogP contribution is -2.42. The first-order valence-corrected chi connectivity index (χ1v) is 9.43. The van der Waals surface area contributed by atoms with Gasteiger partial charge in [0, 0.05) is 19.4 Å². The number of benzene rings is 2. The summed E-state index contributed by atoms with van der Waals surface area (Å²) >= 11 is 0. The Bertz CT molecular complexity index is 865. The van der Waals surface area contributed by atoms with Gasteiger partial charge in [0.2, 0.25) is 11.8 Å². The SMILES string of the molecule is COc1cccc(CNC(=O)CCC(=O)N2C[C@@H](C)Oc3ccc(C)cc32)c1. The fraction of sp³-hybridized carbons (Fsp3) is 0.364. The molecule has 0 fully saturated rings. The van der Waals surface area contributed by atoms with E-state index in [1.807, 2.05) is 56.3 Å². The molecule has 1 aliphatic rings. The molecule has 2 aromatic carbocycles. The van der Waals surface area contributed by atoms with Crippen molar-refractivity contribution in [1.82, 2.24) is 5.32 Å². The molecule has 1 atom stereocenters. The molecule has 148 valence electrons. The third-order valence-corrected chi connectivity index (χ3v) is 4.66. The van der Waals surface area contributed by atoms with E-state index in [9.17, 15) is 9.59 Å². The van der Waals surface area contributed by atoms with E-state index in [2.05, 4.69) is 5.32 Å². The van der Waals surface area contributed by atoms with Crippen molar-refractivity contribution in [2.45, 2.75) is 39.3 Å². The van der Waals surface area contributed by atoms with Crippen molar-refractivity contribution in [3.8, 4) is 11.5 Å². The van der Waals surface area contributed by atoms with Crippen LogP contribution in [0.1, 0.15) is 30.9 Å². The van der Waals surface area contributed by atoms with Crippen molar-refractivity contribution in [3.05, 3.63) is 53.6 Å². The van der Waals surface area contributed by atoms with Crippen LogP contribution in [0.3, 0.4) is 0 Å². The summed E-state index contributed by atoms with van der Waals surface area (Å²) in [6, 6.07) is 13.3. The average Bonchev–Trinajstić information content (AvgIpc) is 2.70. The van der Waals surface area contributed by atoms with Gasteiger partial charge in [0.05, 0.1) is 19.3 Å². The molecule has 0 radical (unpaired) electrons. The third kappa shape index (κ3) is 4.82. The molecular weight excluding hydrogens is 356 g/mol. The molecule has 3 rings (SSSR count). The van der Waals surface area contributed by atoms with E-state index >= 15 is 0 Å². The monoisotopic (exact) mass is 382 g/mol. The zero-order valence-electron chi connectivity index (χ0n) is 16.5. The van der Waals surface area contributed by atoms with E-state index in [0.717, 1.165) is 22.6 Å². The summed E-state index contributed by atoms with van der Waals surface area (Å²) in [6.45, 7) is 4.80. The first kappa shape index (κ1) is 19.7. The Labute approximate surface area is 165 Å². The van der Waals surface area contributed by atoms with Crippen LogP contribution in [0.2, 0.25) is 0 Å². The minimum Gasteiger partial charge on any atom is -0.497 e. The fourth-order valence-corrected chi connectivity index (χ4v) is 3.21. The maximum atomic E-state index is 12.8. The molecular formula is C22H26N2O4. The van der Waals surface area contributed by atoms with Gasteiger partial charge in [-0.1, -0.05) is 18.2 Å². The highest BCUT2D eigenvalue weighted by molar-refractivity contribution is 5.97. The van der Waals surface area contributed by atoms with Crippen LogP contribution < -0.4 is 19.7 Å². The predicted molar refractivity (Wildman–Crippen MR) is 108 cm³/mol. The molecule has 0 spiro atoms. The molecule has 6 heteroatoms. The first-order valence-electron chi connectivity index (χ1n) is 9.43. The van der Waals surface area contributed by atoms with E-state index in [1.54, 1.807) is 12.0 Å². The highest BCUT2D eigenvalue weighted by atomic mass is 16.5. The average molecular weight is 382 g/mol. The normalized spacial score (nSPS) is 15.4. The van der Waals surface area contributed by atoms with Crippen LogP contribution in [0.4, 0.5) is 5.69 Å². The van der Waals surface area contributed by atoms with Crippen molar-refractivity contribution in [1.29, 1.82) is 0 Å². The van der Waals surface area contributed by atoms with Crippen molar-refractivity contribution in [2.24, 2.45) is 0 Å². The topological polar surface area (TPSA) is 67.9 Å². The van der Waals surface area contributed by atoms with Gasteiger partial charge >= 0.3 is 0 Å². The number of carbonyl (C=O) groups is 2. The number of fused-ring (bicyclic) bond motifs is 1. The van der Waals surface area contributed by atoms with Gasteiger partial charge in [0.25, 0.3) is 0 Å². The van der Waals surface area contributed by atoms with Gasteiger partial charge in [-0.05, 0) is 49.2 Å². The Morgan fingerprint density at radius 3 is 2.82 bits per heavy atom. The molecule has 0 aromatic heterocycles. The Morgan fingerprint density at radius 2 is 2.04 bits per heavy atom. The second-order valence-corrected chi connectivity index (χ2v) is 7.03. The molecule has 0 saturated heterocycles. The number of carbonyl (C=O) groups excluding carboxylic acids is 2. The van der Waals surface area contributed by atoms with E-state index in [4.69, 9.17) is 9.47 Å². The third-order valence-electron chi connectivity index (χ3n) is 4.66. The highest BCUT2D eigenvalue weighted by Gasteiger charge is 2.27. The van der Waals surface area contributed by atoms with Gasteiger partial charge in [-0.3, -0.25) is 9.59 Å². The fourth-order valence-electron chi connectivity index (χ4n) is 3.21. The molecule has 0 aliphatic carbocycles. The Hall–Kier alpha value is -3.02. The lowest BCUT2D eigenvalue weighted by atomic mass is 10.1. The Balaban J connectivity index is 1.55. The number of amides is 2. The van der Waals surface area contributed by atoms with E-state index < -0.39 is 0 Å². The first-order chi connectivity index (χ1) is 13.5. The number of ether oxygens (including phenoxy) is 2. The van der Waals surface area contributed by atoms with E-state index in [0.29, 0.717) is 18.8 Å². The van der Waals surface area contributed by atoms with Crippen molar-refractivity contribution < 1.29 is 19.1 Å². The summed E-state index contributed by atoms with van der Waals surface area (Å²) in [5.41, 5.74) is 2.79. The molecule has 0 saturated carbocycles. The molecule has 1 aliphatic heterocycles. The molecule has 1 N–H and O–H groups in total. The summed E-state index contributed by atoms with van der Waals surface area (Å²) in [6.07, 6.45) is 0.223. The van der Waals surface area contributed by atoms with E-state index in [1.165, 1.54) is 0 Å². The van der Waals surface area contributed by atoms with Crippen LogP contribution in [0.25, 0.3) is 0 Å². The number of methoxy groups -OCH3 is 1. The quantitative estimate of drug-likeness (QED) is 0.833. The number of aryl methyl sites for hydroxylation is 1. The number of rotatable bonds is 6. The number of hydrogen-bond donors (Lipinski definition) is 1. The molecule has 28 heavy (non-hydrogen) atoms. The predicted octanol–water partition coefficient (Wildman–Crippen LogP) is 3.21. The Kier molecular flexibility index (Phi) is 6.19. The molecule has 1 heterocycles. The van der Waals surface area contributed by atoms with Gasteiger partial charge in [-0.15, -0.1) is 0 Å². The summed E-state index contributed by atoms with van der Waals surface area (Å²) in [4.78, 5) is 26.7. The zero-order chi connectivity index (χ0) is 20.1. The summed E-state index contributed by atoms with van der Waals surface area (Å²) in [5, 5.41) is 2.86. The number of nitrogens with one attached hydrogen (secondary N) is 1. The number of nitrogens with zero attached hydrogens (tertiary/aromatic N) is 1. The largest absolute Gasteiger partial charge is 0.497 e. The van der Waals surface area contributed by atoms with Crippen LogP contribution in [0, 0.1) is 6.92 Å². The van der Waals surface area contributed by atoms with Gasteiger partial charge < -0.3 is 19.7 Å². The lowest BCUT2D eigenvalue weighted by Gasteiger charge is -2.33. The van der Waals surface area contributed by atoms with Gasteiger partial charge in [-0.2, -0.15) is 0 Å². The maximum Gasteiger partial charge on any atom is 0.227 e. The standard InChI is InChI=1S/C22H26N2O4/c1-15-7-8-20-19(11-15)24(14-16(2)28-20)22(26)10-9-21(25)23-13-17-5-4-6-18(12-17)27-3/h4-8,11-12,16H,9-10,13-14H2,1-3H3,(H,23,25)/t16-/m1/s1. The molecule has 0 unspecified atom stereocenters. The van der Waals surface area contributed by atoms with Crippen LogP contribution in [0.5, 0.6) is 11.5 Å². The zero-order valence-corrected chi connectivity index (χ0v) is 16.5. The van der Waals surface area contributed by atoms with Crippen molar-refractivity contribution in [3.63, 3.8) is 0 Å². The van der Waals surface area contributed by atoms with Crippen molar-refractivity contribution in [2.75, 3.05) is 18.6 Å². The van der Waals surface area contributed by atoms with Gasteiger partial charge in [-0.25, -0.2) is 0 Å². The van der Waals surface area contributed by atoms with E-state index in [-0.39, 0.29) is 30.8 Å². The lowest BCUT2D eigenvalue weighted by molar-refractivity contribution is -0.125. The maximum absolute atomic E-state index is 12.8. The smallest absolute Gasteiger partial charge is 0.227 e. The second kappa shape index (κ2) is 8.78. The van der Waals surface area contributed by atoms with Gasteiger partial charge in [0.15, 0.2) is 0 Å². The molecule has 0 bridgehead atoms. The van der Waals surface area contributed by atoms with Crippen LogP contribution >= 0.6 is 0 Å². The highest BCUT2D eigenvalue weighted by Crippen LogP contribution is 2.34. The second-order valence-electron chi connectivity index (χ2n) is 7.03. The summed E-state index contributed by atoms with van der Waals surface area (Å²) in [5.74, 6) is 1.23. The van der Waals surface area contributed by atoms with Crippen molar-refractivity contribution >= 4 is 17.5 Å². The summed E-state index contributed by atoms with van der Waals surface area (Å²) in [7, 11) is 1.61. The molecule has 2 amide bonds. The van der Waals surface area contributed by atoms with Crippen LogP contribution in [-0.4, -0.2) is 31.6 Å². The Morgan fingerprint density at radius 1 is 1.21 bits per heavy atom. The number of anilines is 1. The van der Waals surface area contributed by atoms with Crippen LogP contribution in [-0.2, 0) is 16.1 Å². The number of hydrogen-bond acceptors (Lipinski definition) is 4. The summed E-state index contributed by atoms with van der Waals surface area (Å²) < 4.78 is 11.0. The van der Waals surface area contributed by atoms with Crippen LogP contribution in [0.15, 0.2) is 42.5 Å². The minimum absolute atomic E-state index is 0.0708. The van der Waals surface area contributed by atoms with Gasteiger partial charge in [0.1, 0.15) is 17.6 Å². The molecule has 2 aromatic rings. The molecule has 6 nitrogen and oxygen atoms in total.